The summed E-state index contributed by atoms with van der Waals surface area (Å²) >= 11 is 0. The summed E-state index contributed by atoms with van der Waals surface area (Å²) < 4.78 is 11.9. The number of hydrogen-bond acceptors (Lipinski definition) is 3. The summed E-state index contributed by atoms with van der Waals surface area (Å²) in [5, 5.41) is 0.241. The van der Waals surface area contributed by atoms with Crippen LogP contribution in [0.25, 0.3) is 0 Å². The zero-order valence-electron chi connectivity index (χ0n) is 19.2. The third kappa shape index (κ3) is 6.58. The standard InChI is InChI=1S/C24H37NO3Si/c1-19(15-16-28-29(6,7)24(3,4)5)11-10-12-20(2)17-25-18-27-22-14-9-8-13-21(22)23(25)26/h8-9,12-15H,10-11,16-18H2,1-7H3/b19-15+,20-12+. The Morgan fingerprint density at radius 1 is 1.17 bits per heavy atom. The fraction of sp³-hybridized carbons (Fsp3) is 0.542. The molecule has 0 fully saturated rings. The molecule has 1 aromatic rings. The Kier molecular flexibility index (Phi) is 7.89. The van der Waals surface area contributed by atoms with Crippen LogP contribution in [0.1, 0.15) is 57.8 Å². The molecule has 0 atom stereocenters. The van der Waals surface area contributed by atoms with Gasteiger partial charge in [0.15, 0.2) is 15.0 Å². The zero-order valence-corrected chi connectivity index (χ0v) is 20.2. The van der Waals surface area contributed by atoms with Crippen molar-refractivity contribution in [1.29, 1.82) is 0 Å². The van der Waals surface area contributed by atoms with Crippen LogP contribution in [0, 0.1) is 0 Å². The van der Waals surface area contributed by atoms with E-state index < -0.39 is 8.32 Å². The van der Waals surface area contributed by atoms with Gasteiger partial charge in [0.1, 0.15) is 5.75 Å². The van der Waals surface area contributed by atoms with Gasteiger partial charge in [-0.15, -0.1) is 0 Å². The third-order valence-electron chi connectivity index (χ3n) is 5.93. The van der Waals surface area contributed by atoms with E-state index in [0.29, 0.717) is 31.2 Å². The molecule has 5 heteroatoms. The molecule has 0 radical (unpaired) electrons. The highest BCUT2D eigenvalue weighted by atomic mass is 28.4. The first-order valence-corrected chi connectivity index (χ1v) is 13.4. The molecule has 160 valence electrons. The number of fused-ring (bicyclic) bond motifs is 1. The summed E-state index contributed by atoms with van der Waals surface area (Å²) in [6, 6.07) is 7.43. The number of rotatable bonds is 8. The highest BCUT2D eigenvalue weighted by Gasteiger charge is 2.36. The molecule has 0 saturated heterocycles. The lowest BCUT2D eigenvalue weighted by Crippen LogP contribution is -2.40. The SMILES string of the molecule is C/C(=C\CO[Si](C)(C)C(C)(C)C)CC/C=C(\C)CN1COc2ccccc2C1=O. The number of benzene rings is 1. The topological polar surface area (TPSA) is 38.8 Å². The highest BCUT2D eigenvalue weighted by Crippen LogP contribution is 2.36. The molecule has 0 saturated carbocycles. The predicted molar refractivity (Wildman–Crippen MR) is 123 cm³/mol. The molecule has 0 unspecified atom stereocenters. The molecule has 2 rings (SSSR count). The van der Waals surface area contributed by atoms with Crippen LogP contribution in [0.3, 0.4) is 0 Å². The minimum atomic E-state index is -1.68. The quantitative estimate of drug-likeness (QED) is 0.376. The first kappa shape index (κ1) is 23.4. The molecule has 0 spiro atoms. The van der Waals surface area contributed by atoms with Gasteiger partial charge in [-0.25, -0.2) is 0 Å². The zero-order chi connectivity index (χ0) is 21.7. The van der Waals surface area contributed by atoms with Gasteiger partial charge in [0.25, 0.3) is 5.91 Å². The maximum absolute atomic E-state index is 12.6. The fourth-order valence-corrected chi connectivity index (χ4v) is 3.82. The Bertz CT molecular complexity index is 775. The van der Waals surface area contributed by atoms with Gasteiger partial charge in [-0.3, -0.25) is 4.79 Å². The molecule has 1 amide bonds. The second kappa shape index (κ2) is 9.77. The van der Waals surface area contributed by atoms with Crippen LogP contribution in [0.4, 0.5) is 0 Å². The molecular weight excluding hydrogens is 378 g/mol. The highest BCUT2D eigenvalue weighted by molar-refractivity contribution is 6.74. The van der Waals surface area contributed by atoms with Crippen molar-refractivity contribution in [3.63, 3.8) is 0 Å². The summed E-state index contributed by atoms with van der Waals surface area (Å²) in [7, 11) is -1.68. The number of carbonyl (C=O) groups is 1. The number of amides is 1. The maximum atomic E-state index is 12.6. The predicted octanol–water partition coefficient (Wildman–Crippen LogP) is 6.17. The molecule has 1 aliphatic rings. The van der Waals surface area contributed by atoms with Gasteiger partial charge in [-0.1, -0.05) is 56.2 Å². The van der Waals surface area contributed by atoms with Crippen LogP contribution in [-0.2, 0) is 4.43 Å². The Morgan fingerprint density at radius 2 is 1.86 bits per heavy atom. The van der Waals surface area contributed by atoms with E-state index in [1.165, 1.54) is 11.1 Å². The molecule has 1 aromatic carbocycles. The van der Waals surface area contributed by atoms with Crippen LogP contribution in [0.5, 0.6) is 5.75 Å². The normalized spacial score (nSPS) is 16.0. The Balaban J connectivity index is 1.79. The van der Waals surface area contributed by atoms with E-state index in [1.807, 2.05) is 24.3 Å². The van der Waals surface area contributed by atoms with Crippen molar-refractivity contribution in [2.75, 3.05) is 19.9 Å². The first-order valence-electron chi connectivity index (χ1n) is 10.5. The van der Waals surface area contributed by atoms with Crippen molar-refractivity contribution in [3.8, 4) is 5.75 Å². The lowest BCUT2D eigenvalue weighted by atomic mass is 10.1. The van der Waals surface area contributed by atoms with E-state index >= 15 is 0 Å². The largest absolute Gasteiger partial charge is 0.472 e. The average Bonchev–Trinajstić information content (AvgIpc) is 2.63. The van der Waals surface area contributed by atoms with E-state index in [9.17, 15) is 4.79 Å². The summed E-state index contributed by atoms with van der Waals surface area (Å²) in [4.78, 5) is 14.4. The summed E-state index contributed by atoms with van der Waals surface area (Å²) in [6.07, 6.45) is 6.40. The maximum Gasteiger partial charge on any atom is 0.260 e. The molecule has 0 N–H and O–H groups in total. The molecule has 0 bridgehead atoms. The molecule has 0 aliphatic carbocycles. The number of carbonyl (C=O) groups excluding carboxylic acids is 1. The van der Waals surface area contributed by atoms with Gasteiger partial charge in [0, 0.05) is 6.54 Å². The van der Waals surface area contributed by atoms with E-state index in [-0.39, 0.29) is 10.9 Å². The summed E-state index contributed by atoms with van der Waals surface area (Å²) in [5.74, 6) is 0.717. The van der Waals surface area contributed by atoms with Crippen LogP contribution in [0.15, 0.2) is 47.6 Å². The van der Waals surface area contributed by atoms with Crippen molar-refractivity contribution in [1.82, 2.24) is 4.90 Å². The smallest absolute Gasteiger partial charge is 0.260 e. The Hall–Kier alpha value is -1.85. The van der Waals surface area contributed by atoms with E-state index in [4.69, 9.17) is 9.16 Å². The van der Waals surface area contributed by atoms with Crippen LogP contribution in [0.2, 0.25) is 18.1 Å². The summed E-state index contributed by atoms with van der Waals surface area (Å²) in [5.41, 5.74) is 3.18. The van der Waals surface area contributed by atoms with Gasteiger partial charge < -0.3 is 14.1 Å². The summed E-state index contributed by atoms with van der Waals surface area (Å²) in [6.45, 7) is 17.2. The monoisotopic (exact) mass is 415 g/mol. The van der Waals surface area contributed by atoms with Crippen molar-refractivity contribution in [3.05, 3.63) is 53.1 Å². The average molecular weight is 416 g/mol. The molecule has 1 heterocycles. The van der Waals surface area contributed by atoms with Crippen molar-refractivity contribution in [2.24, 2.45) is 0 Å². The molecular formula is C24H37NO3Si. The van der Waals surface area contributed by atoms with Gasteiger partial charge in [0.2, 0.25) is 0 Å². The minimum absolute atomic E-state index is 0.0402. The minimum Gasteiger partial charge on any atom is -0.472 e. The molecule has 29 heavy (non-hydrogen) atoms. The lowest BCUT2D eigenvalue weighted by Gasteiger charge is -2.35. The van der Waals surface area contributed by atoms with Gasteiger partial charge in [0.05, 0.1) is 12.2 Å². The Labute approximate surface area is 177 Å². The number of para-hydroxylation sites is 1. The van der Waals surface area contributed by atoms with Gasteiger partial charge >= 0.3 is 0 Å². The van der Waals surface area contributed by atoms with Crippen molar-refractivity contribution >= 4 is 14.2 Å². The van der Waals surface area contributed by atoms with Crippen LogP contribution in [-0.4, -0.2) is 39.0 Å². The number of allylic oxidation sites excluding steroid dienone is 2. The second-order valence-electron chi connectivity index (χ2n) is 9.48. The van der Waals surface area contributed by atoms with E-state index in [0.717, 1.165) is 12.8 Å². The van der Waals surface area contributed by atoms with E-state index in [2.05, 4.69) is 59.9 Å². The van der Waals surface area contributed by atoms with Crippen molar-refractivity contribution in [2.45, 2.75) is 65.6 Å². The Morgan fingerprint density at radius 3 is 2.55 bits per heavy atom. The van der Waals surface area contributed by atoms with E-state index in [1.54, 1.807) is 4.90 Å². The molecule has 0 aromatic heterocycles. The lowest BCUT2D eigenvalue weighted by molar-refractivity contribution is 0.0548. The van der Waals surface area contributed by atoms with Crippen LogP contribution < -0.4 is 4.74 Å². The van der Waals surface area contributed by atoms with Crippen LogP contribution >= 0.6 is 0 Å². The van der Waals surface area contributed by atoms with Crippen molar-refractivity contribution < 1.29 is 14.0 Å². The fourth-order valence-electron chi connectivity index (χ4n) is 2.89. The number of hydrogen-bond donors (Lipinski definition) is 0. The molecule has 4 nitrogen and oxygen atoms in total. The van der Waals surface area contributed by atoms with Gasteiger partial charge in [-0.05, 0) is 57.0 Å². The number of ether oxygens (including phenoxy) is 1. The third-order valence-corrected chi connectivity index (χ3v) is 10.4. The van der Waals surface area contributed by atoms with Gasteiger partial charge in [-0.2, -0.15) is 0 Å². The number of nitrogens with zero attached hydrogens (tertiary/aromatic N) is 1. The second-order valence-corrected chi connectivity index (χ2v) is 14.3. The first-order chi connectivity index (χ1) is 13.5. The molecule has 1 aliphatic heterocycles.